The van der Waals surface area contributed by atoms with Crippen LogP contribution in [0.15, 0.2) is 42.5 Å². The van der Waals surface area contributed by atoms with Crippen molar-refractivity contribution in [2.75, 3.05) is 18.5 Å². The van der Waals surface area contributed by atoms with E-state index < -0.39 is 11.9 Å². The van der Waals surface area contributed by atoms with Crippen molar-refractivity contribution in [3.63, 3.8) is 0 Å². The Labute approximate surface area is 121 Å². The third-order valence-corrected chi connectivity index (χ3v) is 3.56. The Morgan fingerprint density at radius 2 is 1.85 bits per heavy atom. The summed E-state index contributed by atoms with van der Waals surface area (Å²) >= 11 is 5.79. The number of nitrogens with zero attached hydrogens (tertiary/aromatic N) is 1. The van der Waals surface area contributed by atoms with Gasteiger partial charge in [-0.2, -0.15) is 0 Å². The fourth-order valence-electron chi connectivity index (χ4n) is 2.18. The summed E-state index contributed by atoms with van der Waals surface area (Å²) in [5, 5.41) is 0.0304. The highest BCUT2D eigenvalue weighted by Crippen LogP contribution is 2.30. The second kappa shape index (κ2) is 6.20. The van der Waals surface area contributed by atoms with Crippen LogP contribution in [0.25, 0.3) is 0 Å². The van der Waals surface area contributed by atoms with Crippen molar-refractivity contribution >= 4 is 17.3 Å². The second-order valence-electron chi connectivity index (χ2n) is 4.46. The molecule has 2 aromatic carbocycles. The van der Waals surface area contributed by atoms with Crippen LogP contribution in [0.2, 0.25) is 5.02 Å². The first-order valence-electron chi connectivity index (χ1n) is 6.17. The first kappa shape index (κ1) is 14.8. The zero-order chi connectivity index (χ0) is 14.7. The molecule has 2 aromatic rings. The Hall–Kier alpha value is -1.65. The summed E-state index contributed by atoms with van der Waals surface area (Å²) in [6.07, 6.45) is 0. The highest BCUT2D eigenvalue weighted by atomic mass is 35.5. The lowest BCUT2D eigenvalue weighted by Crippen LogP contribution is -2.31. The summed E-state index contributed by atoms with van der Waals surface area (Å²) in [4.78, 5) is 1.62. The molecule has 0 heterocycles. The molecule has 0 fully saturated rings. The van der Waals surface area contributed by atoms with E-state index in [0.29, 0.717) is 11.3 Å². The van der Waals surface area contributed by atoms with Gasteiger partial charge in [0.2, 0.25) is 0 Å². The molecule has 0 aliphatic carbocycles. The molecule has 0 radical (unpaired) electrons. The molecule has 1 unspecified atom stereocenters. The molecule has 20 heavy (non-hydrogen) atoms. The van der Waals surface area contributed by atoms with Gasteiger partial charge in [0.15, 0.2) is 0 Å². The van der Waals surface area contributed by atoms with Gasteiger partial charge >= 0.3 is 0 Å². The Balaban J connectivity index is 2.42. The molecule has 2 rings (SSSR count). The van der Waals surface area contributed by atoms with Crippen LogP contribution in [0.1, 0.15) is 11.6 Å². The van der Waals surface area contributed by atoms with Crippen LogP contribution >= 0.6 is 11.6 Å². The Kier molecular flexibility index (Phi) is 4.57. The largest absolute Gasteiger partial charge is 0.364 e. The Bertz CT molecular complexity index is 604. The van der Waals surface area contributed by atoms with Gasteiger partial charge in [-0.15, -0.1) is 0 Å². The SMILES string of the molecule is CN(c1ccccc1F)C(CN)c1cccc(Cl)c1F. The number of benzene rings is 2. The average Bonchev–Trinajstić information content (AvgIpc) is 2.44. The summed E-state index contributed by atoms with van der Waals surface area (Å²) in [6.45, 7) is 0.141. The monoisotopic (exact) mass is 296 g/mol. The van der Waals surface area contributed by atoms with Crippen molar-refractivity contribution in [1.29, 1.82) is 0 Å². The molecule has 0 bridgehead atoms. The van der Waals surface area contributed by atoms with Crippen LogP contribution in [0, 0.1) is 11.6 Å². The molecular weight excluding hydrogens is 282 g/mol. The van der Waals surface area contributed by atoms with Crippen LogP contribution in [-0.4, -0.2) is 13.6 Å². The van der Waals surface area contributed by atoms with Gasteiger partial charge in [-0.05, 0) is 18.2 Å². The molecule has 0 saturated heterocycles. The molecule has 0 spiro atoms. The Morgan fingerprint density at radius 1 is 1.15 bits per heavy atom. The van der Waals surface area contributed by atoms with Crippen LogP contribution < -0.4 is 10.6 Å². The zero-order valence-electron chi connectivity index (χ0n) is 11.0. The van der Waals surface area contributed by atoms with Crippen molar-refractivity contribution in [3.05, 3.63) is 64.7 Å². The standard InChI is InChI=1S/C15H15ClF2N2/c1-20(13-8-3-2-7-12(13)17)14(9-19)10-5-4-6-11(16)15(10)18/h2-8,14H,9,19H2,1H3. The number of rotatable bonds is 4. The fourth-order valence-corrected chi connectivity index (χ4v) is 2.36. The van der Waals surface area contributed by atoms with Crippen molar-refractivity contribution in [2.45, 2.75) is 6.04 Å². The lowest BCUT2D eigenvalue weighted by atomic mass is 10.0. The molecule has 0 amide bonds. The number of hydrogen-bond acceptors (Lipinski definition) is 2. The number of hydrogen-bond donors (Lipinski definition) is 1. The van der Waals surface area contributed by atoms with Crippen molar-refractivity contribution in [1.82, 2.24) is 0 Å². The van der Waals surface area contributed by atoms with E-state index in [4.69, 9.17) is 17.3 Å². The van der Waals surface area contributed by atoms with Crippen LogP contribution in [0.5, 0.6) is 0 Å². The number of nitrogens with two attached hydrogens (primary N) is 1. The lowest BCUT2D eigenvalue weighted by Gasteiger charge is -2.30. The minimum atomic E-state index is -0.521. The van der Waals surface area contributed by atoms with E-state index in [1.54, 1.807) is 42.3 Å². The predicted octanol–water partition coefficient (Wildman–Crippen LogP) is 3.75. The van der Waals surface area contributed by atoms with Crippen molar-refractivity contribution in [2.24, 2.45) is 5.73 Å². The van der Waals surface area contributed by atoms with E-state index in [0.717, 1.165) is 0 Å². The summed E-state index contributed by atoms with van der Waals surface area (Å²) in [6, 6.07) is 10.5. The maximum absolute atomic E-state index is 14.1. The summed E-state index contributed by atoms with van der Waals surface area (Å²) in [7, 11) is 1.68. The van der Waals surface area contributed by atoms with E-state index in [-0.39, 0.29) is 17.4 Å². The summed E-state index contributed by atoms with van der Waals surface area (Å²) < 4.78 is 27.9. The molecule has 106 valence electrons. The number of para-hydroxylation sites is 1. The predicted molar refractivity (Wildman–Crippen MR) is 78.0 cm³/mol. The second-order valence-corrected chi connectivity index (χ2v) is 4.86. The van der Waals surface area contributed by atoms with Crippen LogP contribution in [0.3, 0.4) is 0 Å². The van der Waals surface area contributed by atoms with E-state index in [1.807, 2.05) is 0 Å². The van der Waals surface area contributed by atoms with Gasteiger partial charge in [0.05, 0.1) is 16.8 Å². The van der Waals surface area contributed by atoms with Gasteiger partial charge in [0, 0.05) is 19.2 Å². The molecule has 0 aromatic heterocycles. The van der Waals surface area contributed by atoms with Gasteiger partial charge < -0.3 is 10.6 Å². The number of anilines is 1. The average molecular weight is 297 g/mol. The van der Waals surface area contributed by atoms with E-state index in [9.17, 15) is 8.78 Å². The topological polar surface area (TPSA) is 29.3 Å². The molecule has 2 nitrogen and oxygen atoms in total. The van der Waals surface area contributed by atoms with E-state index in [2.05, 4.69) is 0 Å². The molecule has 0 aliphatic rings. The molecular formula is C15H15ClF2N2. The van der Waals surface area contributed by atoms with Gasteiger partial charge in [-0.3, -0.25) is 0 Å². The third-order valence-electron chi connectivity index (χ3n) is 3.26. The van der Waals surface area contributed by atoms with Gasteiger partial charge in [0.1, 0.15) is 11.6 Å². The van der Waals surface area contributed by atoms with Crippen molar-refractivity contribution < 1.29 is 8.78 Å². The van der Waals surface area contributed by atoms with Crippen LogP contribution in [0.4, 0.5) is 14.5 Å². The molecule has 1 atom stereocenters. The van der Waals surface area contributed by atoms with Gasteiger partial charge in [-0.1, -0.05) is 35.9 Å². The number of halogens is 3. The third kappa shape index (κ3) is 2.76. The summed E-state index contributed by atoms with van der Waals surface area (Å²) in [5.41, 5.74) is 6.45. The first-order valence-corrected chi connectivity index (χ1v) is 6.55. The van der Waals surface area contributed by atoms with Gasteiger partial charge in [0.25, 0.3) is 0 Å². The smallest absolute Gasteiger partial charge is 0.147 e. The molecule has 5 heteroatoms. The van der Waals surface area contributed by atoms with Gasteiger partial charge in [-0.25, -0.2) is 8.78 Å². The quantitative estimate of drug-likeness (QED) is 0.931. The zero-order valence-corrected chi connectivity index (χ0v) is 11.7. The minimum Gasteiger partial charge on any atom is -0.364 e. The maximum atomic E-state index is 14.1. The maximum Gasteiger partial charge on any atom is 0.147 e. The number of likely N-dealkylation sites (N-methyl/N-ethyl adjacent to an activating group) is 1. The fraction of sp³-hybridized carbons (Fsp3) is 0.200. The summed E-state index contributed by atoms with van der Waals surface area (Å²) in [5.74, 6) is -0.899. The van der Waals surface area contributed by atoms with Crippen LogP contribution in [-0.2, 0) is 0 Å². The molecule has 2 N–H and O–H groups in total. The first-order chi connectivity index (χ1) is 9.56. The lowest BCUT2D eigenvalue weighted by molar-refractivity contribution is 0.562. The molecule has 0 aliphatic heterocycles. The van der Waals surface area contributed by atoms with E-state index in [1.165, 1.54) is 12.1 Å². The normalized spacial score (nSPS) is 12.2. The van der Waals surface area contributed by atoms with E-state index >= 15 is 0 Å². The minimum absolute atomic E-state index is 0.0304. The molecule has 0 saturated carbocycles. The highest BCUT2D eigenvalue weighted by molar-refractivity contribution is 6.30. The van der Waals surface area contributed by atoms with Crippen molar-refractivity contribution in [3.8, 4) is 0 Å². The highest BCUT2D eigenvalue weighted by Gasteiger charge is 2.22. The Morgan fingerprint density at radius 3 is 2.50 bits per heavy atom.